The van der Waals surface area contributed by atoms with Gasteiger partial charge in [0.2, 0.25) is 0 Å². The number of benzene rings is 1. The highest BCUT2D eigenvalue weighted by atomic mass is 35.5. The molecule has 1 amide bonds. The number of ether oxygens (including phenoxy) is 1. The molecule has 0 saturated heterocycles. The summed E-state index contributed by atoms with van der Waals surface area (Å²) in [5.74, 6) is -1.58. The molecule has 25 heavy (non-hydrogen) atoms. The monoisotopic (exact) mass is 387 g/mol. The van der Waals surface area contributed by atoms with E-state index in [1.807, 2.05) is 0 Å². The van der Waals surface area contributed by atoms with Crippen molar-refractivity contribution in [3.8, 4) is 5.75 Å². The van der Waals surface area contributed by atoms with Crippen molar-refractivity contribution in [2.75, 3.05) is 5.32 Å². The third kappa shape index (κ3) is 4.56. The minimum absolute atomic E-state index is 0.00908. The Morgan fingerprint density at radius 1 is 1.16 bits per heavy atom. The van der Waals surface area contributed by atoms with Gasteiger partial charge in [-0.15, -0.1) is 13.2 Å². The lowest BCUT2D eigenvalue weighted by Gasteiger charge is -2.09. The standard InChI is InChI=1S/C13H8ClF6N3O2/c1-23-10(12(15,16)17)8(14)9(22-23)11(24)21-6-2-4-7(5-3-6)25-13(18,19)20/h2-5H,1H3,(H,21,24). The predicted octanol–water partition coefficient (Wildman–Crippen LogP) is 4.24. The summed E-state index contributed by atoms with van der Waals surface area (Å²) in [6.45, 7) is 0. The van der Waals surface area contributed by atoms with E-state index in [0.717, 1.165) is 31.3 Å². The molecule has 12 heteroatoms. The van der Waals surface area contributed by atoms with E-state index in [2.05, 4.69) is 15.2 Å². The first-order valence-corrected chi connectivity index (χ1v) is 6.73. The zero-order valence-corrected chi connectivity index (χ0v) is 12.9. The summed E-state index contributed by atoms with van der Waals surface area (Å²) >= 11 is 5.56. The van der Waals surface area contributed by atoms with Crippen molar-refractivity contribution < 1.29 is 35.9 Å². The number of alkyl halides is 6. The van der Waals surface area contributed by atoms with Crippen LogP contribution in [0.15, 0.2) is 24.3 Å². The van der Waals surface area contributed by atoms with E-state index < -0.39 is 40.6 Å². The van der Waals surface area contributed by atoms with Gasteiger partial charge in [0.05, 0.1) is 0 Å². The van der Waals surface area contributed by atoms with Crippen molar-refractivity contribution in [2.24, 2.45) is 7.05 Å². The summed E-state index contributed by atoms with van der Waals surface area (Å²) in [7, 11) is 0.967. The molecule has 0 spiro atoms. The molecule has 0 fully saturated rings. The number of nitrogens with zero attached hydrogens (tertiary/aromatic N) is 2. The largest absolute Gasteiger partial charge is 0.573 e. The van der Waals surface area contributed by atoms with E-state index in [9.17, 15) is 31.1 Å². The van der Waals surface area contributed by atoms with Crippen LogP contribution in [0.1, 0.15) is 16.2 Å². The molecule has 0 aliphatic carbocycles. The smallest absolute Gasteiger partial charge is 0.406 e. The Morgan fingerprint density at radius 3 is 2.16 bits per heavy atom. The molecule has 0 atom stereocenters. The summed E-state index contributed by atoms with van der Waals surface area (Å²) in [6, 6.07) is 3.98. The minimum atomic E-state index is -4.87. The Balaban J connectivity index is 2.18. The third-order valence-electron chi connectivity index (χ3n) is 2.82. The van der Waals surface area contributed by atoms with Gasteiger partial charge in [0.25, 0.3) is 5.91 Å². The fraction of sp³-hybridized carbons (Fsp3) is 0.231. The molecule has 1 aromatic heterocycles. The van der Waals surface area contributed by atoms with Crippen LogP contribution in [-0.2, 0) is 13.2 Å². The first-order valence-electron chi connectivity index (χ1n) is 6.35. The van der Waals surface area contributed by atoms with Gasteiger partial charge in [-0.25, -0.2) is 0 Å². The van der Waals surface area contributed by atoms with Gasteiger partial charge >= 0.3 is 12.5 Å². The maximum atomic E-state index is 12.8. The number of hydrogen-bond acceptors (Lipinski definition) is 3. The maximum Gasteiger partial charge on any atom is 0.573 e. The van der Waals surface area contributed by atoms with Crippen LogP contribution in [0.2, 0.25) is 5.02 Å². The number of nitrogens with one attached hydrogen (secondary N) is 1. The number of amides is 1. The van der Waals surface area contributed by atoms with Gasteiger partial charge in [0.1, 0.15) is 10.8 Å². The fourth-order valence-electron chi connectivity index (χ4n) is 1.88. The Morgan fingerprint density at radius 2 is 1.72 bits per heavy atom. The van der Waals surface area contributed by atoms with E-state index in [-0.39, 0.29) is 5.69 Å². The molecule has 0 saturated carbocycles. The lowest BCUT2D eigenvalue weighted by molar-refractivity contribution is -0.274. The van der Waals surface area contributed by atoms with Gasteiger partial charge in [-0.2, -0.15) is 18.3 Å². The van der Waals surface area contributed by atoms with E-state index >= 15 is 0 Å². The zero-order valence-electron chi connectivity index (χ0n) is 12.2. The third-order valence-corrected chi connectivity index (χ3v) is 3.18. The molecule has 2 aromatic rings. The Kier molecular flexibility index (Phi) is 4.89. The van der Waals surface area contributed by atoms with Crippen LogP contribution in [0, 0.1) is 0 Å². The molecule has 5 nitrogen and oxygen atoms in total. The number of aromatic nitrogens is 2. The highest BCUT2D eigenvalue weighted by Gasteiger charge is 2.40. The molecule has 136 valence electrons. The normalized spacial score (nSPS) is 12.2. The predicted molar refractivity (Wildman–Crippen MR) is 74.3 cm³/mol. The second kappa shape index (κ2) is 6.47. The number of rotatable bonds is 3. The molecular weight excluding hydrogens is 380 g/mol. The first kappa shape index (κ1) is 18.9. The molecule has 0 aliphatic heterocycles. The summed E-state index contributed by atoms with van der Waals surface area (Å²) in [5, 5.41) is 4.71. The van der Waals surface area contributed by atoms with Gasteiger partial charge in [-0.05, 0) is 24.3 Å². The average molecular weight is 388 g/mol. The van der Waals surface area contributed by atoms with Crippen LogP contribution in [0.5, 0.6) is 5.75 Å². The van der Waals surface area contributed by atoms with Crippen LogP contribution in [0.3, 0.4) is 0 Å². The molecular formula is C13H8ClF6N3O2. The van der Waals surface area contributed by atoms with E-state index in [1.54, 1.807) is 0 Å². The Hall–Kier alpha value is -2.43. The topological polar surface area (TPSA) is 56.2 Å². The SMILES string of the molecule is Cn1nc(C(=O)Nc2ccc(OC(F)(F)F)cc2)c(Cl)c1C(F)(F)F. The van der Waals surface area contributed by atoms with E-state index in [0.29, 0.717) is 4.68 Å². The lowest BCUT2D eigenvalue weighted by Crippen LogP contribution is -2.17. The quantitative estimate of drug-likeness (QED) is 0.801. The van der Waals surface area contributed by atoms with E-state index in [1.165, 1.54) is 0 Å². The number of anilines is 1. The Labute approximate surface area is 141 Å². The van der Waals surface area contributed by atoms with Gasteiger partial charge in [0.15, 0.2) is 11.4 Å². The van der Waals surface area contributed by atoms with Gasteiger partial charge in [-0.1, -0.05) is 11.6 Å². The molecule has 0 aliphatic rings. The second-order valence-electron chi connectivity index (χ2n) is 4.66. The van der Waals surface area contributed by atoms with Crippen molar-refractivity contribution >= 4 is 23.2 Å². The average Bonchev–Trinajstić information content (AvgIpc) is 2.74. The number of hydrogen-bond donors (Lipinski definition) is 1. The molecule has 0 unspecified atom stereocenters. The van der Waals surface area contributed by atoms with Crippen molar-refractivity contribution in [1.82, 2.24) is 9.78 Å². The maximum absolute atomic E-state index is 12.8. The zero-order chi connectivity index (χ0) is 19.0. The van der Waals surface area contributed by atoms with Gasteiger partial charge < -0.3 is 10.1 Å². The molecule has 1 N–H and O–H groups in total. The number of carbonyl (C=O) groups is 1. The summed E-state index contributed by atoms with van der Waals surface area (Å²) < 4.78 is 78.6. The summed E-state index contributed by atoms with van der Waals surface area (Å²) in [4.78, 5) is 12.0. The number of carbonyl (C=O) groups excluding carboxylic acids is 1. The Bertz CT molecular complexity index is 783. The van der Waals surface area contributed by atoms with Crippen LogP contribution < -0.4 is 10.1 Å². The van der Waals surface area contributed by atoms with Crippen molar-refractivity contribution in [1.29, 1.82) is 0 Å². The lowest BCUT2D eigenvalue weighted by atomic mass is 10.2. The second-order valence-corrected chi connectivity index (χ2v) is 5.04. The van der Waals surface area contributed by atoms with Crippen molar-refractivity contribution in [3.63, 3.8) is 0 Å². The van der Waals surface area contributed by atoms with Crippen LogP contribution in [0.25, 0.3) is 0 Å². The molecule has 0 bridgehead atoms. The number of halogens is 7. The van der Waals surface area contributed by atoms with E-state index in [4.69, 9.17) is 11.6 Å². The summed E-state index contributed by atoms with van der Waals surface area (Å²) in [6.07, 6.45) is -9.69. The fourth-order valence-corrected chi connectivity index (χ4v) is 2.23. The van der Waals surface area contributed by atoms with Crippen LogP contribution in [-0.4, -0.2) is 22.1 Å². The molecule has 1 heterocycles. The van der Waals surface area contributed by atoms with Gasteiger partial charge in [0, 0.05) is 12.7 Å². The first-order chi connectivity index (χ1) is 11.4. The molecule has 1 aromatic carbocycles. The summed E-state index contributed by atoms with van der Waals surface area (Å²) in [5.41, 5.74) is -1.96. The molecule has 0 radical (unpaired) electrons. The number of aryl methyl sites for hydroxylation is 1. The van der Waals surface area contributed by atoms with Gasteiger partial charge in [-0.3, -0.25) is 9.48 Å². The van der Waals surface area contributed by atoms with Crippen molar-refractivity contribution in [3.05, 3.63) is 40.7 Å². The van der Waals surface area contributed by atoms with Crippen molar-refractivity contribution in [2.45, 2.75) is 12.5 Å². The molecule has 2 rings (SSSR count). The van der Waals surface area contributed by atoms with Crippen LogP contribution in [0.4, 0.5) is 32.0 Å². The highest BCUT2D eigenvalue weighted by molar-refractivity contribution is 6.34. The van der Waals surface area contributed by atoms with Crippen LogP contribution >= 0.6 is 11.6 Å². The minimum Gasteiger partial charge on any atom is -0.406 e. The highest BCUT2D eigenvalue weighted by Crippen LogP contribution is 2.36.